The molecule has 5 aromatic rings. The second-order valence-corrected chi connectivity index (χ2v) is 18.8. The Labute approximate surface area is 233 Å². The summed E-state index contributed by atoms with van der Waals surface area (Å²) in [5.74, 6) is 0.601. The fourth-order valence-corrected chi connectivity index (χ4v) is 5.86. The Bertz CT molecular complexity index is 1770. The van der Waals surface area contributed by atoms with E-state index < -0.39 is 17.9 Å². The summed E-state index contributed by atoms with van der Waals surface area (Å²) in [5.41, 5.74) is 3.04. The van der Waals surface area contributed by atoms with E-state index in [1.807, 2.05) is 30.5 Å². The maximum atomic E-state index is 11.8. The molecule has 1 N–H and O–H groups in total. The van der Waals surface area contributed by atoms with Crippen LogP contribution in [-0.2, 0) is 21.3 Å². The van der Waals surface area contributed by atoms with Gasteiger partial charge in [0.15, 0.2) is 9.84 Å². The number of hydrogen-bond acceptors (Lipinski definition) is 7. The highest BCUT2D eigenvalue weighted by molar-refractivity contribution is 7.90. The van der Waals surface area contributed by atoms with E-state index in [1.54, 1.807) is 41.3 Å². The predicted octanol–water partition coefficient (Wildman–Crippen LogP) is 6.76. The summed E-state index contributed by atoms with van der Waals surface area (Å²) in [6, 6.07) is 15.4. The average Bonchev–Trinajstić information content (AvgIpc) is 3.30. The Morgan fingerprint density at radius 1 is 1.03 bits per heavy atom. The fourth-order valence-electron chi connectivity index (χ4n) is 4.18. The molecule has 3 heterocycles. The van der Waals surface area contributed by atoms with Crippen LogP contribution in [-0.4, -0.2) is 49.1 Å². The van der Waals surface area contributed by atoms with E-state index in [0.717, 1.165) is 51.3 Å². The molecule has 0 atom stereocenters. The number of nitrogens with one attached hydrogen (secondary N) is 1. The van der Waals surface area contributed by atoms with Gasteiger partial charge in [0.05, 0.1) is 21.1 Å². The van der Waals surface area contributed by atoms with Crippen molar-refractivity contribution in [3.8, 4) is 11.3 Å². The molecule has 0 aliphatic carbocycles. The first-order valence-corrected chi connectivity index (χ1v) is 18.5. The third-order valence-electron chi connectivity index (χ3n) is 6.35. The minimum absolute atomic E-state index is 0.262. The summed E-state index contributed by atoms with van der Waals surface area (Å²) in [5, 5.41) is 11.1. The molecule has 0 unspecified atom stereocenters. The van der Waals surface area contributed by atoms with Gasteiger partial charge in [0.25, 0.3) is 0 Å². The number of sulfone groups is 1. The summed E-state index contributed by atoms with van der Waals surface area (Å²) in [4.78, 5) is 9.45. The van der Waals surface area contributed by atoms with Crippen molar-refractivity contribution in [1.29, 1.82) is 0 Å². The molecule has 39 heavy (non-hydrogen) atoms. The highest BCUT2D eigenvalue weighted by atomic mass is 35.5. The Balaban J connectivity index is 1.43. The monoisotopic (exact) mass is 579 g/mol. The van der Waals surface area contributed by atoms with Crippen LogP contribution in [0.3, 0.4) is 0 Å². The van der Waals surface area contributed by atoms with E-state index in [9.17, 15) is 8.42 Å². The van der Waals surface area contributed by atoms with Crippen molar-refractivity contribution < 1.29 is 13.2 Å². The quantitative estimate of drug-likeness (QED) is 0.152. The van der Waals surface area contributed by atoms with Crippen molar-refractivity contribution in [3.05, 3.63) is 72.1 Å². The standard InChI is InChI=1S/C28H30ClN5O3SSi/c1-38(35,36)21-7-5-20(6-8-21)32-26-15-23-19(16-31-26)11-12-30-28(23)22-9-10-25-24(27(22)29)17-34(33-25)18-37-13-14-39(2,3)4/h5-12,15-17H,13-14,18H2,1-4H3,(H,31,32). The van der Waals surface area contributed by atoms with Gasteiger partial charge in [-0.05, 0) is 54.6 Å². The third-order valence-corrected chi connectivity index (χ3v) is 9.59. The number of hydrogen-bond donors (Lipinski definition) is 1. The van der Waals surface area contributed by atoms with Crippen LogP contribution in [0.5, 0.6) is 0 Å². The van der Waals surface area contributed by atoms with Gasteiger partial charge in [0.2, 0.25) is 0 Å². The van der Waals surface area contributed by atoms with Crippen molar-refractivity contribution in [2.24, 2.45) is 0 Å². The molecule has 202 valence electrons. The van der Waals surface area contributed by atoms with E-state index in [2.05, 4.69) is 40.0 Å². The van der Waals surface area contributed by atoms with Crippen molar-refractivity contribution in [2.75, 3.05) is 18.2 Å². The van der Waals surface area contributed by atoms with Crippen LogP contribution in [0.2, 0.25) is 30.7 Å². The van der Waals surface area contributed by atoms with Gasteiger partial charge >= 0.3 is 0 Å². The van der Waals surface area contributed by atoms with Crippen LogP contribution in [0, 0.1) is 0 Å². The van der Waals surface area contributed by atoms with E-state index in [1.165, 1.54) is 6.26 Å². The molecule has 0 aliphatic heterocycles. The van der Waals surface area contributed by atoms with E-state index in [4.69, 9.17) is 16.3 Å². The lowest BCUT2D eigenvalue weighted by Gasteiger charge is -2.15. The first kappa shape index (κ1) is 27.3. The van der Waals surface area contributed by atoms with Crippen LogP contribution >= 0.6 is 11.6 Å². The Hall–Kier alpha value is -3.31. The number of fused-ring (bicyclic) bond motifs is 2. The minimum atomic E-state index is -3.26. The largest absolute Gasteiger partial charge is 0.360 e. The summed E-state index contributed by atoms with van der Waals surface area (Å²) in [6.07, 6.45) is 6.61. The number of halogens is 1. The molecule has 2 aromatic carbocycles. The molecule has 5 rings (SSSR count). The second kappa shape index (κ2) is 10.7. The Morgan fingerprint density at radius 2 is 1.79 bits per heavy atom. The van der Waals surface area contributed by atoms with Gasteiger partial charge in [-0.3, -0.25) is 4.98 Å². The van der Waals surface area contributed by atoms with Gasteiger partial charge in [-0.15, -0.1) is 0 Å². The number of benzene rings is 2. The van der Waals surface area contributed by atoms with Crippen molar-refractivity contribution in [1.82, 2.24) is 19.7 Å². The molecule has 0 bridgehead atoms. The van der Waals surface area contributed by atoms with Gasteiger partial charge in [0, 0.05) is 66.9 Å². The lowest BCUT2D eigenvalue weighted by molar-refractivity contribution is 0.0791. The molecular weight excluding hydrogens is 550 g/mol. The summed E-state index contributed by atoms with van der Waals surface area (Å²) in [6.45, 7) is 8.08. The van der Waals surface area contributed by atoms with Gasteiger partial charge in [-0.1, -0.05) is 31.2 Å². The zero-order chi connectivity index (χ0) is 27.8. The minimum Gasteiger partial charge on any atom is -0.360 e. The molecule has 0 amide bonds. The highest BCUT2D eigenvalue weighted by Gasteiger charge is 2.16. The molecular formula is C28H30ClN5O3SSi. The molecule has 0 saturated carbocycles. The zero-order valence-electron chi connectivity index (χ0n) is 22.3. The zero-order valence-corrected chi connectivity index (χ0v) is 24.8. The first-order chi connectivity index (χ1) is 18.5. The molecule has 8 nitrogen and oxygen atoms in total. The van der Waals surface area contributed by atoms with E-state index >= 15 is 0 Å². The first-order valence-electron chi connectivity index (χ1n) is 12.5. The molecule has 11 heteroatoms. The summed E-state index contributed by atoms with van der Waals surface area (Å²) < 4.78 is 31.2. The van der Waals surface area contributed by atoms with Crippen LogP contribution < -0.4 is 5.32 Å². The van der Waals surface area contributed by atoms with Gasteiger partial charge in [0.1, 0.15) is 12.5 Å². The second-order valence-electron chi connectivity index (χ2n) is 10.7. The van der Waals surface area contributed by atoms with Gasteiger partial charge in [-0.2, -0.15) is 5.10 Å². The molecule has 0 aliphatic rings. The number of anilines is 2. The van der Waals surface area contributed by atoms with Gasteiger partial charge < -0.3 is 10.1 Å². The van der Waals surface area contributed by atoms with Crippen molar-refractivity contribution in [3.63, 3.8) is 0 Å². The van der Waals surface area contributed by atoms with Crippen molar-refractivity contribution >= 4 is 62.7 Å². The topological polar surface area (TPSA) is 99.0 Å². The smallest absolute Gasteiger partial charge is 0.175 e. The molecule has 0 spiro atoms. The lowest BCUT2D eigenvalue weighted by Crippen LogP contribution is -2.22. The molecule has 3 aromatic heterocycles. The predicted molar refractivity (Wildman–Crippen MR) is 160 cm³/mol. The fraction of sp³-hybridized carbons (Fsp3) is 0.250. The Morgan fingerprint density at radius 3 is 2.51 bits per heavy atom. The van der Waals surface area contributed by atoms with Crippen LogP contribution in [0.15, 0.2) is 72.0 Å². The summed E-state index contributed by atoms with van der Waals surface area (Å²) in [7, 11) is -4.42. The van der Waals surface area contributed by atoms with Crippen LogP contribution in [0.1, 0.15) is 0 Å². The molecule has 0 saturated heterocycles. The lowest BCUT2D eigenvalue weighted by atomic mass is 10.0. The Kier molecular flexibility index (Phi) is 7.47. The summed E-state index contributed by atoms with van der Waals surface area (Å²) >= 11 is 6.92. The van der Waals surface area contributed by atoms with Crippen LogP contribution in [0.4, 0.5) is 11.5 Å². The number of rotatable bonds is 9. The normalized spacial score (nSPS) is 12.3. The maximum absolute atomic E-state index is 11.8. The molecule has 0 radical (unpaired) electrons. The van der Waals surface area contributed by atoms with E-state index in [-0.39, 0.29) is 4.90 Å². The third kappa shape index (κ3) is 6.30. The number of ether oxygens (including phenoxy) is 1. The SMILES string of the molecule is C[Si](C)(C)CCOCn1cc2c(Cl)c(-c3nccc4cnc(Nc5ccc(S(C)(=O)=O)cc5)cc34)ccc2n1. The highest BCUT2D eigenvalue weighted by Crippen LogP contribution is 2.37. The molecule has 0 fully saturated rings. The number of nitrogens with zero attached hydrogens (tertiary/aromatic N) is 4. The van der Waals surface area contributed by atoms with Crippen molar-refractivity contribution in [2.45, 2.75) is 37.3 Å². The number of pyridine rings is 2. The number of aromatic nitrogens is 4. The maximum Gasteiger partial charge on any atom is 0.175 e. The average molecular weight is 580 g/mol. The van der Waals surface area contributed by atoms with Gasteiger partial charge in [-0.25, -0.2) is 18.1 Å². The van der Waals surface area contributed by atoms with Crippen LogP contribution in [0.25, 0.3) is 32.9 Å². The van der Waals surface area contributed by atoms with E-state index in [0.29, 0.717) is 17.6 Å².